The lowest BCUT2D eigenvalue weighted by Crippen LogP contribution is -2.31. The molecule has 3 nitrogen and oxygen atoms in total. The third-order valence-electron chi connectivity index (χ3n) is 2.09. The molecule has 2 N–H and O–H groups in total. The summed E-state index contributed by atoms with van der Waals surface area (Å²) in [5, 5.41) is 4.31. The summed E-state index contributed by atoms with van der Waals surface area (Å²) in [6.45, 7) is 4.59. The molecule has 78 valence electrons. The molecule has 0 rings (SSSR count). The molecule has 2 atom stereocenters. The highest BCUT2D eigenvalue weighted by molar-refractivity contribution is 7.89. The fourth-order valence-corrected chi connectivity index (χ4v) is 1.62. The summed E-state index contributed by atoms with van der Waals surface area (Å²) in [5.41, 5.74) is 0. The average molecular weight is 209 g/mol. The Labute approximate surface area is 78.9 Å². The molecule has 0 aliphatic rings. The van der Waals surface area contributed by atoms with Gasteiger partial charge in [0, 0.05) is 0 Å². The normalized spacial score (nSPS) is 18.4. The minimum Gasteiger partial charge on any atom is -0.228 e. The predicted octanol–water partition coefficient (Wildman–Crippen LogP) is 1.56. The van der Waals surface area contributed by atoms with Crippen LogP contribution in [0.1, 0.15) is 27.2 Å². The van der Waals surface area contributed by atoms with Crippen molar-refractivity contribution in [3.05, 3.63) is 11.9 Å². The van der Waals surface area contributed by atoms with Gasteiger partial charge >= 0.3 is 0 Å². The molecule has 0 bridgehead atoms. The van der Waals surface area contributed by atoms with Crippen molar-refractivity contribution in [1.29, 1.82) is 0 Å². The van der Waals surface area contributed by atoms with Crippen LogP contribution < -0.4 is 5.14 Å². The molecule has 0 radical (unpaired) electrons. The van der Waals surface area contributed by atoms with Crippen molar-refractivity contribution in [3.8, 4) is 0 Å². The highest BCUT2D eigenvalue weighted by Crippen LogP contribution is 2.15. The molecule has 0 spiro atoms. The lowest BCUT2D eigenvalue weighted by Gasteiger charge is -2.15. The molecule has 0 aliphatic carbocycles. The van der Waals surface area contributed by atoms with Gasteiger partial charge in [0.05, 0.1) is 11.1 Å². The molecule has 0 aliphatic heterocycles. The number of rotatable bonds is 4. The first-order valence-electron chi connectivity index (χ1n) is 4.09. The lowest BCUT2D eigenvalue weighted by molar-refractivity contribution is 0.519. The molecule has 0 amide bonds. The van der Waals surface area contributed by atoms with E-state index in [9.17, 15) is 12.8 Å². The van der Waals surface area contributed by atoms with E-state index in [1.165, 1.54) is 19.9 Å². The zero-order valence-corrected chi connectivity index (χ0v) is 8.94. The number of allylic oxidation sites excluding steroid dienone is 2. The van der Waals surface area contributed by atoms with Crippen LogP contribution in [0.3, 0.4) is 0 Å². The van der Waals surface area contributed by atoms with Crippen molar-refractivity contribution in [1.82, 2.24) is 0 Å². The highest BCUT2D eigenvalue weighted by Gasteiger charge is 2.21. The number of primary sulfonamides is 1. The van der Waals surface area contributed by atoms with Crippen molar-refractivity contribution in [3.63, 3.8) is 0 Å². The van der Waals surface area contributed by atoms with Crippen molar-refractivity contribution in [2.75, 3.05) is 0 Å². The third-order valence-corrected chi connectivity index (χ3v) is 3.59. The first kappa shape index (κ1) is 12.6. The van der Waals surface area contributed by atoms with Gasteiger partial charge in [-0.3, -0.25) is 0 Å². The number of nitrogens with two attached hydrogens (primary N) is 1. The van der Waals surface area contributed by atoms with Gasteiger partial charge in [0.2, 0.25) is 10.0 Å². The van der Waals surface area contributed by atoms with Gasteiger partial charge in [-0.15, -0.1) is 0 Å². The fraction of sp³-hybridized carbons (Fsp3) is 0.750. The molecular weight excluding hydrogens is 193 g/mol. The molecule has 0 saturated heterocycles. The van der Waals surface area contributed by atoms with Gasteiger partial charge in [-0.05, 0) is 26.2 Å². The SMILES string of the molecule is C/C(F)=C/C[C@H](C)[C@@H](C)S(N)(=O)=O. The molecule has 0 heterocycles. The second kappa shape index (κ2) is 4.72. The van der Waals surface area contributed by atoms with E-state index in [4.69, 9.17) is 5.14 Å². The summed E-state index contributed by atoms with van der Waals surface area (Å²) >= 11 is 0. The lowest BCUT2D eigenvalue weighted by atomic mass is 10.0. The third kappa shape index (κ3) is 5.00. The largest absolute Gasteiger partial charge is 0.228 e. The Hall–Kier alpha value is -0.420. The van der Waals surface area contributed by atoms with Crippen LogP contribution in [-0.4, -0.2) is 13.7 Å². The van der Waals surface area contributed by atoms with Gasteiger partial charge in [0.15, 0.2) is 0 Å². The monoisotopic (exact) mass is 209 g/mol. The Kier molecular flexibility index (Phi) is 4.56. The molecule has 0 saturated carbocycles. The molecule has 0 fully saturated rings. The Morgan fingerprint density at radius 2 is 2.00 bits per heavy atom. The van der Waals surface area contributed by atoms with Crippen LogP contribution in [0.5, 0.6) is 0 Å². The Balaban J connectivity index is 4.29. The van der Waals surface area contributed by atoms with E-state index >= 15 is 0 Å². The summed E-state index contributed by atoms with van der Waals surface area (Å²) in [5.74, 6) is -0.464. The van der Waals surface area contributed by atoms with Crippen molar-refractivity contribution < 1.29 is 12.8 Å². The van der Waals surface area contributed by atoms with E-state index in [0.29, 0.717) is 6.42 Å². The number of sulfonamides is 1. The number of hydrogen-bond acceptors (Lipinski definition) is 2. The maximum absolute atomic E-state index is 12.3. The topological polar surface area (TPSA) is 60.2 Å². The van der Waals surface area contributed by atoms with Crippen molar-refractivity contribution in [2.45, 2.75) is 32.4 Å². The van der Waals surface area contributed by atoms with Gasteiger partial charge in [0.25, 0.3) is 0 Å². The molecule has 13 heavy (non-hydrogen) atoms. The first-order valence-corrected chi connectivity index (χ1v) is 5.70. The number of hydrogen-bond donors (Lipinski definition) is 1. The van der Waals surface area contributed by atoms with Gasteiger partial charge < -0.3 is 0 Å². The van der Waals surface area contributed by atoms with Crippen molar-refractivity contribution in [2.24, 2.45) is 11.1 Å². The predicted molar refractivity (Wildman–Crippen MR) is 51.2 cm³/mol. The zero-order chi connectivity index (χ0) is 10.6. The Morgan fingerprint density at radius 3 is 2.31 bits per heavy atom. The summed E-state index contributed by atoms with van der Waals surface area (Å²) < 4.78 is 34.1. The summed E-state index contributed by atoms with van der Waals surface area (Å²) in [7, 11) is -3.50. The van der Waals surface area contributed by atoms with Gasteiger partial charge in [-0.2, -0.15) is 0 Å². The molecule has 0 aromatic heterocycles. The maximum Gasteiger partial charge on any atom is 0.211 e. The smallest absolute Gasteiger partial charge is 0.211 e. The van der Waals surface area contributed by atoms with E-state index < -0.39 is 15.3 Å². The van der Waals surface area contributed by atoms with Crippen molar-refractivity contribution >= 4 is 10.0 Å². The summed E-state index contributed by atoms with van der Waals surface area (Å²) in [6, 6.07) is 0. The van der Waals surface area contributed by atoms with Gasteiger partial charge in [-0.25, -0.2) is 17.9 Å². The van der Waals surface area contributed by atoms with Crippen LogP contribution in [0.4, 0.5) is 4.39 Å². The van der Waals surface area contributed by atoms with E-state index in [1.807, 2.05) is 0 Å². The Bertz CT molecular complexity index is 281. The van der Waals surface area contributed by atoms with Crippen LogP contribution >= 0.6 is 0 Å². The van der Waals surface area contributed by atoms with Gasteiger partial charge in [0.1, 0.15) is 0 Å². The molecule has 0 aromatic carbocycles. The fourth-order valence-electron chi connectivity index (χ4n) is 0.864. The maximum atomic E-state index is 12.3. The molecular formula is C8H16FNO2S. The molecule has 5 heteroatoms. The van der Waals surface area contributed by atoms with E-state index in [2.05, 4.69) is 0 Å². The van der Waals surface area contributed by atoms with E-state index in [1.54, 1.807) is 6.92 Å². The van der Waals surface area contributed by atoms with Crippen LogP contribution in [-0.2, 0) is 10.0 Å². The van der Waals surface area contributed by atoms with Crippen LogP contribution in [0.25, 0.3) is 0 Å². The minimum absolute atomic E-state index is 0.166. The quantitative estimate of drug-likeness (QED) is 0.763. The standard InChI is InChI=1S/C8H16FNO2S/c1-6(4-5-7(2)9)8(3)13(10,11)12/h5-6,8H,4H2,1-3H3,(H2,10,11,12)/b7-5-/t6-,8+/m0/s1. The second-order valence-electron chi connectivity index (χ2n) is 3.30. The number of halogens is 1. The molecule has 0 aromatic rings. The first-order chi connectivity index (χ1) is 5.75. The Morgan fingerprint density at radius 1 is 1.54 bits per heavy atom. The average Bonchev–Trinajstić information content (AvgIpc) is 1.96. The van der Waals surface area contributed by atoms with Crippen LogP contribution in [0.15, 0.2) is 11.9 Å². The summed E-state index contributed by atoms with van der Waals surface area (Å²) in [6.07, 6.45) is 1.76. The van der Waals surface area contributed by atoms with E-state index in [-0.39, 0.29) is 11.7 Å². The van der Waals surface area contributed by atoms with Crippen LogP contribution in [0.2, 0.25) is 0 Å². The van der Waals surface area contributed by atoms with Gasteiger partial charge in [-0.1, -0.05) is 13.0 Å². The zero-order valence-electron chi connectivity index (χ0n) is 8.12. The summed E-state index contributed by atoms with van der Waals surface area (Å²) in [4.78, 5) is 0. The van der Waals surface area contributed by atoms with E-state index in [0.717, 1.165) is 0 Å². The molecule has 0 unspecified atom stereocenters. The highest BCUT2D eigenvalue weighted by atomic mass is 32.2. The minimum atomic E-state index is -3.50. The second-order valence-corrected chi connectivity index (χ2v) is 5.22. The van der Waals surface area contributed by atoms with Crippen LogP contribution in [0, 0.1) is 5.92 Å².